The molecule has 6 bridgehead atoms. The first-order valence-corrected chi connectivity index (χ1v) is 10.00. The van der Waals surface area contributed by atoms with Crippen LogP contribution in [0.1, 0.15) is 32.6 Å². The minimum absolute atomic E-state index is 0.0350. The highest BCUT2D eigenvalue weighted by molar-refractivity contribution is 5.96. The van der Waals surface area contributed by atoms with Gasteiger partial charge in [-0.3, -0.25) is 9.59 Å². The molecule has 7 rings (SSSR count). The number of hydrogen-bond acceptors (Lipinski definition) is 5. The second-order valence-corrected chi connectivity index (χ2v) is 10.6. The first-order chi connectivity index (χ1) is 12.2. The molecule has 0 unspecified atom stereocenters. The van der Waals surface area contributed by atoms with Crippen molar-refractivity contribution in [1.29, 1.82) is 0 Å². The molecule has 2 spiro atoms. The van der Waals surface area contributed by atoms with E-state index in [1.54, 1.807) is 0 Å². The average Bonchev–Trinajstić information content (AvgIpc) is 2.63. The topological polar surface area (TPSA) is 77.8 Å². The van der Waals surface area contributed by atoms with Gasteiger partial charge in [-0.25, -0.2) is 0 Å². The maximum atomic E-state index is 13.5. The van der Waals surface area contributed by atoms with Crippen LogP contribution in [0.3, 0.4) is 0 Å². The van der Waals surface area contributed by atoms with Crippen LogP contribution in [0.15, 0.2) is 12.2 Å². The van der Waals surface area contributed by atoms with Gasteiger partial charge in [0.15, 0.2) is 0 Å². The van der Waals surface area contributed by atoms with Crippen LogP contribution >= 0.6 is 0 Å². The van der Waals surface area contributed by atoms with Crippen LogP contribution in [0.4, 0.5) is 0 Å². The SMILES string of the molecule is C=C1[C@H]2C[C@H]3[C@@]4(CC(=O)[C@H]5[C@]6(C)C[C@@H](O)C[C@]35[C@H]([C@@H]4C2=O)N(C)C6)[C@@H]1O. The van der Waals surface area contributed by atoms with Gasteiger partial charge in [0.25, 0.3) is 0 Å². The summed E-state index contributed by atoms with van der Waals surface area (Å²) in [5, 5.41) is 22.0. The van der Waals surface area contributed by atoms with Gasteiger partial charge in [0.2, 0.25) is 0 Å². The van der Waals surface area contributed by atoms with Crippen LogP contribution in [-0.2, 0) is 9.59 Å². The van der Waals surface area contributed by atoms with E-state index >= 15 is 0 Å². The molecule has 6 aliphatic carbocycles. The summed E-state index contributed by atoms with van der Waals surface area (Å²) in [7, 11) is 2.08. The highest BCUT2D eigenvalue weighted by atomic mass is 16.3. The summed E-state index contributed by atoms with van der Waals surface area (Å²) < 4.78 is 0. The van der Waals surface area contributed by atoms with Gasteiger partial charge in [0.1, 0.15) is 11.6 Å². The molecule has 0 aromatic heterocycles. The zero-order chi connectivity index (χ0) is 18.4. The lowest BCUT2D eigenvalue weighted by Crippen LogP contribution is -2.70. The number of nitrogens with zero attached hydrogens (tertiary/aromatic N) is 1. The Kier molecular flexibility index (Phi) is 2.57. The lowest BCUT2D eigenvalue weighted by atomic mass is 9.39. The number of ketones is 2. The Morgan fingerprint density at radius 1 is 1.19 bits per heavy atom. The monoisotopic (exact) mass is 357 g/mol. The van der Waals surface area contributed by atoms with E-state index in [1.165, 1.54) is 0 Å². The summed E-state index contributed by atoms with van der Waals surface area (Å²) in [5.74, 6) is -0.102. The van der Waals surface area contributed by atoms with Gasteiger partial charge < -0.3 is 15.1 Å². The lowest BCUT2D eigenvalue weighted by Gasteiger charge is -2.67. The van der Waals surface area contributed by atoms with E-state index in [4.69, 9.17) is 0 Å². The third-order valence-corrected chi connectivity index (χ3v) is 9.59. The highest BCUT2D eigenvalue weighted by Gasteiger charge is 2.85. The van der Waals surface area contributed by atoms with Gasteiger partial charge >= 0.3 is 0 Å². The maximum absolute atomic E-state index is 13.5. The van der Waals surface area contributed by atoms with Gasteiger partial charge in [-0.15, -0.1) is 0 Å². The van der Waals surface area contributed by atoms with Gasteiger partial charge in [0, 0.05) is 47.6 Å². The minimum atomic E-state index is -0.766. The second kappa shape index (κ2) is 4.18. The van der Waals surface area contributed by atoms with E-state index in [9.17, 15) is 19.8 Å². The Hall–Kier alpha value is -1.04. The molecule has 0 aromatic carbocycles. The van der Waals surface area contributed by atoms with E-state index in [0.717, 1.165) is 6.54 Å². The maximum Gasteiger partial charge on any atom is 0.145 e. The molecule has 5 heteroatoms. The Bertz CT molecular complexity index is 793. The standard InChI is InChI=1S/C21H27NO4/c1-9-11-4-13-20(18(9)26)7-12(24)16-19(2)5-10(23)6-21(13,16)17(22(3)8-19)14(20)15(11)25/h10-11,13-14,16-18,23,26H,1,4-8H2,2-3H3/t10-,11-,13+,14+,16+,17+,18-,19-,20-,21+/m1/s1. The number of likely N-dealkylation sites (tertiary alicyclic amines) is 1. The molecule has 7 aliphatic rings. The molecule has 7 fully saturated rings. The fraction of sp³-hybridized carbons (Fsp3) is 0.810. The number of carbonyl (C=O) groups excluding carboxylic acids is 2. The predicted molar refractivity (Wildman–Crippen MR) is 93.0 cm³/mol. The van der Waals surface area contributed by atoms with Crippen LogP contribution in [-0.4, -0.2) is 58.5 Å². The van der Waals surface area contributed by atoms with Crippen LogP contribution in [0, 0.1) is 39.9 Å². The Labute approximate surface area is 153 Å². The normalized spacial score (nSPS) is 62.8. The molecule has 5 nitrogen and oxygen atoms in total. The molecule has 1 saturated heterocycles. The van der Waals surface area contributed by atoms with E-state index < -0.39 is 17.6 Å². The molecule has 6 saturated carbocycles. The van der Waals surface area contributed by atoms with Crippen molar-refractivity contribution in [3.05, 3.63) is 12.2 Å². The molecular weight excluding hydrogens is 330 g/mol. The van der Waals surface area contributed by atoms with Gasteiger partial charge in [0.05, 0.1) is 12.2 Å². The lowest BCUT2D eigenvalue weighted by molar-refractivity contribution is -0.209. The van der Waals surface area contributed by atoms with Crippen molar-refractivity contribution in [2.75, 3.05) is 13.6 Å². The summed E-state index contributed by atoms with van der Waals surface area (Å²) in [5.41, 5.74) is -0.669. The number of hydrogen-bond donors (Lipinski definition) is 2. The first kappa shape index (κ1) is 16.0. The minimum Gasteiger partial charge on any atom is -0.393 e. The molecule has 26 heavy (non-hydrogen) atoms. The van der Waals surface area contributed by atoms with Crippen LogP contribution in [0.25, 0.3) is 0 Å². The molecule has 1 aliphatic heterocycles. The zero-order valence-corrected chi connectivity index (χ0v) is 15.4. The number of Topliss-reactive ketones (excluding diaryl/α,β-unsaturated/α-hetero) is 2. The second-order valence-electron chi connectivity index (χ2n) is 10.6. The molecular formula is C21H27NO4. The number of fused-ring (bicyclic) bond motifs is 1. The van der Waals surface area contributed by atoms with Gasteiger partial charge in [-0.05, 0) is 43.2 Å². The van der Waals surface area contributed by atoms with Crippen LogP contribution in [0.5, 0.6) is 0 Å². The van der Waals surface area contributed by atoms with Crippen molar-refractivity contribution in [3.63, 3.8) is 0 Å². The molecule has 0 radical (unpaired) electrons. The fourth-order valence-corrected chi connectivity index (χ4v) is 9.63. The fourth-order valence-electron chi connectivity index (χ4n) is 9.63. The van der Waals surface area contributed by atoms with Crippen LogP contribution < -0.4 is 0 Å². The van der Waals surface area contributed by atoms with Crippen molar-refractivity contribution in [2.45, 2.75) is 50.9 Å². The molecule has 140 valence electrons. The summed E-state index contributed by atoms with van der Waals surface area (Å²) in [6.07, 6.45) is 1.07. The molecule has 10 atom stereocenters. The van der Waals surface area contributed by atoms with E-state index in [0.29, 0.717) is 31.3 Å². The van der Waals surface area contributed by atoms with Gasteiger partial charge in [-0.1, -0.05) is 13.5 Å². The third-order valence-electron chi connectivity index (χ3n) is 9.59. The zero-order valence-electron chi connectivity index (χ0n) is 15.4. The molecule has 0 amide bonds. The van der Waals surface area contributed by atoms with E-state index in [1.807, 2.05) is 0 Å². The largest absolute Gasteiger partial charge is 0.393 e. The van der Waals surface area contributed by atoms with Crippen molar-refractivity contribution in [1.82, 2.24) is 4.90 Å². The van der Waals surface area contributed by atoms with Crippen molar-refractivity contribution in [3.8, 4) is 0 Å². The number of aliphatic hydroxyl groups is 2. The van der Waals surface area contributed by atoms with Crippen LogP contribution in [0.2, 0.25) is 0 Å². The molecule has 1 heterocycles. The van der Waals surface area contributed by atoms with Crippen molar-refractivity contribution >= 4 is 11.6 Å². The quantitative estimate of drug-likeness (QED) is 0.627. The van der Waals surface area contributed by atoms with Gasteiger partial charge in [-0.2, -0.15) is 0 Å². The van der Waals surface area contributed by atoms with E-state index in [2.05, 4.69) is 25.5 Å². The van der Waals surface area contributed by atoms with Crippen molar-refractivity contribution in [2.24, 2.45) is 39.9 Å². The first-order valence-electron chi connectivity index (χ1n) is 10.00. The highest BCUT2D eigenvalue weighted by Crippen LogP contribution is 2.81. The van der Waals surface area contributed by atoms with E-state index in [-0.39, 0.29) is 52.1 Å². The number of aliphatic hydroxyl groups excluding tert-OH is 2. The third kappa shape index (κ3) is 1.28. The smallest absolute Gasteiger partial charge is 0.145 e. The summed E-state index contributed by atoms with van der Waals surface area (Å²) in [4.78, 5) is 29.3. The molecule has 0 aromatic rings. The number of rotatable bonds is 0. The summed E-state index contributed by atoms with van der Waals surface area (Å²) in [6, 6.07) is -0.0350. The Balaban J connectivity index is 1.69. The summed E-state index contributed by atoms with van der Waals surface area (Å²) in [6.45, 7) is 6.95. The number of piperidine rings is 1. The predicted octanol–water partition coefficient (Wildman–Crippen LogP) is 0.789. The number of carbonyl (C=O) groups is 2. The Morgan fingerprint density at radius 3 is 2.65 bits per heavy atom. The summed E-state index contributed by atoms with van der Waals surface area (Å²) >= 11 is 0. The molecule has 2 N–H and O–H groups in total. The average molecular weight is 357 g/mol. The Morgan fingerprint density at radius 2 is 1.92 bits per heavy atom. The van der Waals surface area contributed by atoms with Crippen molar-refractivity contribution < 1.29 is 19.8 Å².